The van der Waals surface area contributed by atoms with Gasteiger partial charge in [0.05, 0.1) is 12.7 Å². The van der Waals surface area contributed by atoms with Crippen molar-refractivity contribution in [2.24, 2.45) is 0 Å². The monoisotopic (exact) mass is 316 g/mol. The summed E-state index contributed by atoms with van der Waals surface area (Å²) < 4.78 is 14.7. The molecule has 0 spiro atoms. The molecule has 1 atom stereocenters. The summed E-state index contributed by atoms with van der Waals surface area (Å²) in [5.41, 5.74) is -0.0917. The molecular weight excluding hydrogens is 296 g/mol. The standard InChI is InChI=1S/C18H20O5/c1-13(16(19)21-5)15(22-17(20)23-18(2,3)4)12-11-14-9-7-6-8-10-14/h6-10,15H,1H2,2-5H3. The molecule has 0 N–H and O–H groups in total. The third kappa shape index (κ3) is 6.70. The molecule has 0 aromatic heterocycles. The molecule has 0 aliphatic heterocycles. The van der Waals surface area contributed by atoms with Crippen LogP contribution in [0.3, 0.4) is 0 Å². The molecule has 0 fully saturated rings. The molecule has 0 radical (unpaired) electrons. The molecule has 0 aliphatic rings. The Bertz CT molecular complexity index is 629. The van der Waals surface area contributed by atoms with Crippen molar-refractivity contribution in [1.29, 1.82) is 0 Å². The van der Waals surface area contributed by atoms with Gasteiger partial charge in [0.1, 0.15) is 5.60 Å². The Morgan fingerprint density at radius 1 is 1.17 bits per heavy atom. The lowest BCUT2D eigenvalue weighted by molar-refractivity contribution is -0.137. The van der Waals surface area contributed by atoms with Gasteiger partial charge in [0.15, 0.2) is 6.10 Å². The van der Waals surface area contributed by atoms with E-state index in [4.69, 9.17) is 9.47 Å². The van der Waals surface area contributed by atoms with Crippen LogP contribution in [0.2, 0.25) is 0 Å². The molecule has 0 saturated carbocycles. The number of carbonyl (C=O) groups excluding carboxylic acids is 2. The van der Waals surface area contributed by atoms with Crippen molar-refractivity contribution in [3.8, 4) is 11.8 Å². The highest BCUT2D eigenvalue weighted by molar-refractivity contribution is 5.90. The van der Waals surface area contributed by atoms with E-state index in [0.29, 0.717) is 5.56 Å². The summed E-state index contributed by atoms with van der Waals surface area (Å²) in [6.45, 7) is 8.69. The molecule has 1 aromatic rings. The number of rotatable bonds is 3. The third-order valence-electron chi connectivity index (χ3n) is 2.49. The molecular formula is C18H20O5. The molecule has 1 aromatic carbocycles. The Morgan fingerprint density at radius 2 is 1.78 bits per heavy atom. The van der Waals surface area contributed by atoms with Crippen LogP contribution in [0.25, 0.3) is 0 Å². The number of benzene rings is 1. The van der Waals surface area contributed by atoms with Gasteiger partial charge in [-0.05, 0) is 38.8 Å². The Labute approximate surface area is 136 Å². The molecule has 5 nitrogen and oxygen atoms in total. The lowest BCUT2D eigenvalue weighted by atomic mass is 10.1. The van der Waals surface area contributed by atoms with Crippen molar-refractivity contribution in [2.75, 3.05) is 7.11 Å². The number of ether oxygens (including phenoxy) is 3. The minimum absolute atomic E-state index is 0.0817. The van der Waals surface area contributed by atoms with E-state index in [1.807, 2.05) is 18.2 Å². The van der Waals surface area contributed by atoms with Crippen molar-refractivity contribution in [1.82, 2.24) is 0 Å². The number of carbonyl (C=O) groups is 2. The van der Waals surface area contributed by atoms with E-state index in [0.717, 1.165) is 0 Å². The van der Waals surface area contributed by atoms with Gasteiger partial charge in [0.2, 0.25) is 0 Å². The summed E-state index contributed by atoms with van der Waals surface area (Å²) in [4.78, 5) is 23.4. The van der Waals surface area contributed by atoms with E-state index in [1.165, 1.54) is 7.11 Å². The van der Waals surface area contributed by atoms with Crippen LogP contribution < -0.4 is 0 Å². The number of hydrogen-bond donors (Lipinski definition) is 0. The average molecular weight is 316 g/mol. The number of hydrogen-bond acceptors (Lipinski definition) is 5. The largest absolute Gasteiger partial charge is 0.510 e. The molecule has 5 heteroatoms. The van der Waals surface area contributed by atoms with Crippen LogP contribution in [0.4, 0.5) is 4.79 Å². The number of esters is 1. The maximum atomic E-state index is 11.8. The topological polar surface area (TPSA) is 61.8 Å². The molecule has 23 heavy (non-hydrogen) atoms. The normalized spacial score (nSPS) is 11.5. The van der Waals surface area contributed by atoms with Crippen molar-refractivity contribution in [3.63, 3.8) is 0 Å². The summed E-state index contributed by atoms with van der Waals surface area (Å²) in [7, 11) is 1.21. The highest BCUT2D eigenvalue weighted by Crippen LogP contribution is 2.13. The van der Waals surface area contributed by atoms with Crippen LogP contribution in [-0.4, -0.2) is 30.9 Å². The van der Waals surface area contributed by atoms with Crippen LogP contribution >= 0.6 is 0 Å². The summed E-state index contributed by atoms with van der Waals surface area (Å²) >= 11 is 0. The molecule has 0 heterocycles. The van der Waals surface area contributed by atoms with Crippen molar-refractivity contribution >= 4 is 12.1 Å². The second kappa shape index (κ2) is 8.04. The van der Waals surface area contributed by atoms with Gasteiger partial charge in [0.25, 0.3) is 0 Å². The van der Waals surface area contributed by atoms with Gasteiger partial charge in [0, 0.05) is 5.56 Å². The van der Waals surface area contributed by atoms with E-state index in [1.54, 1.807) is 32.9 Å². The fraction of sp³-hybridized carbons (Fsp3) is 0.333. The minimum Gasteiger partial charge on any atom is -0.466 e. The Morgan fingerprint density at radius 3 is 2.30 bits per heavy atom. The second-order valence-electron chi connectivity index (χ2n) is 5.61. The molecule has 0 aliphatic carbocycles. The van der Waals surface area contributed by atoms with Crippen LogP contribution in [0.15, 0.2) is 42.5 Å². The van der Waals surface area contributed by atoms with Crippen LogP contribution in [0.5, 0.6) is 0 Å². The SMILES string of the molecule is C=C(C(=O)OC)C(C#Cc1ccccc1)OC(=O)OC(C)(C)C. The Hall–Kier alpha value is -2.74. The zero-order valence-corrected chi connectivity index (χ0v) is 13.7. The van der Waals surface area contributed by atoms with Crippen molar-refractivity contribution in [2.45, 2.75) is 32.5 Å². The first-order valence-electron chi connectivity index (χ1n) is 6.96. The summed E-state index contributed by atoms with van der Waals surface area (Å²) in [5, 5.41) is 0. The van der Waals surface area contributed by atoms with Gasteiger partial charge in [-0.2, -0.15) is 0 Å². The molecule has 0 saturated heterocycles. The van der Waals surface area contributed by atoms with E-state index in [9.17, 15) is 9.59 Å². The van der Waals surface area contributed by atoms with Crippen LogP contribution in [0.1, 0.15) is 26.3 Å². The maximum absolute atomic E-state index is 11.8. The highest BCUT2D eigenvalue weighted by atomic mass is 16.7. The molecule has 0 bridgehead atoms. The quantitative estimate of drug-likeness (QED) is 0.487. The van der Waals surface area contributed by atoms with Crippen molar-refractivity contribution in [3.05, 3.63) is 48.0 Å². The molecule has 1 unspecified atom stereocenters. The predicted molar refractivity (Wildman–Crippen MR) is 85.6 cm³/mol. The lowest BCUT2D eigenvalue weighted by Crippen LogP contribution is -2.29. The van der Waals surface area contributed by atoms with Gasteiger partial charge < -0.3 is 14.2 Å². The van der Waals surface area contributed by atoms with Gasteiger partial charge in [-0.1, -0.05) is 30.7 Å². The van der Waals surface area contributed by atoms with E-state index < -0.39 is 23.8 Å². The first-order valence-corrected chi connectivity index (χ1v) is 6.96. The fourth-order valence-electron chi connectivity index (χ4n) is 1.47. The molecule has 122 valence electrons. The summed E-state index contributed by atoms with van der Waals surface area (Å²) in [6.07, 6.45) is -2.09. The van der Waals surface area contributed by atoms with Crippen molar-refractivity contribution < 1.29 is 23.8 Å². The molecule has 0 amide bonds. The minimum atomic E-state index is -1.16. The zero-order chi connectivity index (χ0) is 17.5. The maximum Gasteiger partial charge on any atom is 0.510 e. The summed E-state index contributed by atoms with van der Waals surface area (Å²) in [5.74, 6) is 4.81. The van der Waals surface area contributed by atoms with Crippen LogP contribution in [0, 0.1) is 11.8 Å². The van der Waals surface area contributed by atoms with Gasteiger partial charge >= 0.3 is 12.1 Å². The summed E-state index contributed by atoms with van der Waals surface area (Å²) in [6, 6.07) is 9.08. The highest BCUT2D eigenvalue weighted by Gasteiger charge is 2.25. The predicted octanol–water partition coefficient (Wildman–Crippen LogP) is 3.09. The van der Waals surface area contributed by atoms with Gasteiger partial charge in [-0.25, -0.2) is 9.59 Å². The smallest absolute Gasteiger partial charge is 0.466 e. The fourth-order valence-corrected chi connectivity index (χ4v) is 1.47. The average Bonchev–Trinajstić information content (AvgIpc) is 2.49. The molecule has 1 rings (SSSR count). The Balaban J connectivity index is 2.95. The van der Waals surface area contributed by atoms with E-state index in [-0.39, 0.29) is 5.57 Å². The first kappa shape index (κ1) is 18.3. The number of methoxy groups -OCH3 is 1. The van der Waals surface area contributed by atoms with E-state index in [2.05, 4.69) is 23.2 Å². The lowest BCUT2D eigenvalue weighted by Gasteiger charge is -2.20. The van der Waals surface area contributed by atoms with Gasteiger partial charge in [-0.3, -0.25) is 0 Å². The Kier molecular flexibility index (Phi) is 6.40. The van der Waals surface area contributed by atoms with Crippen LogP contribution in [-0.2, 0) is 19.0 Å². The zero-order valence-electron chi connectivity index (χ0n) is 13.7. The first-order chi connectivity index (χ1) is 10.7. The van der Waals surface area contributed by atoms with E-state index >= 15 is 0 Å². The van der Waals surface area contributed by atoms with Gasteiger partial charge in [-0.15, -0.1) is 0 Å². The second-order valence-corrected chi connectivity index (χ2v) is 5.61. The third-order valence-corrected chi connectivity index (χ3v) is 2.49.